The van der Waals surface area contributed by atoms with E-state index in [-0.39, 0.29) is 6.42 Å². The minimum atomic E-state index is -1.30. The lowest BCUT2D eigenvalue weighted by Crippen LogP contribution is -2.46. The Morgan fingerprint density at radius 2 is 1.56 bits per heavy atom. The number of nitrogens with zero attached hydrogens (tertiary/aromatic N) is 2. The van der Waals surface area contributed by atoms with Crippen molar-refractivity contribution >= 4 is 23.5 Å². The first-order valence-electron chi connectivity index (χ1n) is 10.1. The number of carbonyl (C=O) groups excluding carboxylic acids is 3. The Morgan fingerprint density at radius 1 is 0.938 bits per heavy atom. The predicted octanol–water partition coefficient (Wildman–Crippen LogP) is 3.19. The van der Waals surface area contributed by atoms with Crippen molar-refractivity contribution in [3.63, 3.8) is 0 Å². The largest absolute Gasteiger partial charge is 0.325 e. The number of benzene rings is 3. The van der Waals surface area contributed by atoms with Gasteiger partial charge in [-0.15, -0.1) is 0 Å². The van der Waals surface area contributed by atoms with E-state index in [1.165, 1.54) is 0 Å². The molecule has 1 atom stereocenters. The van der Waals surface area contributed by atoms with E-state index in [0.29, 0.717) is 16.8 Å². The van der Waals surface area contributed by atoms with Gasteiger partial charge in [-0.25, -0.2) is 4.79 Å². The van der Waals surface area contributed by atoms with E-state index in [4.69, 9.17) is 5.26 Å². The fraction of sp³-hybridized carbons (Fsp3) is 0.120. The molecule has 0 aliphatic carbocycles. The molecule has 32 heavy (non-hydrogen) atoms. The first-order chi connectivity index (χ1) is 15.5. The molecule has 0 aromatic heterocycles. The van der Waals surface area contributed by atoms with E-state index in [2.05, 4.69) is 10.6 Å². The first-order valence-corrected chi connectivity index (χ1v) is 10.1. The molecule has 1 fully saturated rings. The molecular formula is C25H20N4O3. The third-order valence-electron chi connectivity index (χ3n) is 5.35. The quantitative estimate of drug-likeness (QED) is 0.593. The lowest BCUT2D eigenvalue weighted by molar-refractivity contribution is -0.134. The molecule has 0 spiro atoms. The van der Waals surface area contributed by atoms with E-state index >= 15 is 0 Å². The zero-order chi connectivity index (χ0) is 22.6. The van der Waals surface area contributed by atoms with Crippen LogP contribution in [0.3, 0.4) is 0 Å². The van der Waals surface area contributed by atoms with Crippen LogP contribution in [-0.2, 0) is 21.5 Å². The summed E-state index contributed by atoms with van der Waals surface area (Å²) < 4.78 is 0. The van der Waals surface area contributed by atoms with Crippen LogP contribution in [0.15, 0.2) is 84.9 Å². The summed E-state index contributed by atoms with van der Waals surface area (Å²) in [7, 11) is 0. The number of anilines is 1. The summed E-state index contributed by atoms with van der Waals surface area (Å²) in [5.41, 5.74) is 1.17. The van der Waals surface area contributed by atoms with Crippen molar-refractivity contribution in [2.45, 2.75) is 12.0 Å². The van der Waals surface area contributed by atoms with Crippen molar-refractivity contribution in [3.8, 4) is 6.07 Å². The number of imide groups is 1. The standard InChI is InChI=1S/C25H20N4O3/c26-16-19-11-13-21(14-12-19)27-22(30)17-29-23(31)25(28-24(29)32,20-9-5-2-6-10-20)15-18-7-3-1-4-8-18/h1-14H,15,17H2,(H,27,30)(H,28,32). The van der Waals surface area contributed by atoms with Crippen LogP contribution in [0, 0.1) is 11.3 Å². The van der Waals surface area contributed by atoms with Crippen LogP contribution in [0.2, 0.25) is 0 Å². The number of nitrogens with one attached hydrogen (secondary N) is 2. The molecule has 0 saturated carbocycles. The Balaban J connectivity index is 1.58. The van der Waals surface area contributed by atoms with Gasteiger partial charge < -0.3 is 10.6 Å². The smallest absolute Gasteiger partial charge is 0.325 e. The molecule has 4 rings (SSSR count). The third kappa shape index (κ3) is 4.07. The Hall–Kier alpha value is -4.44. The van der Waals surface area contributed by atoms with Gasteiger partial charge in [0.2, 0.25) is 5.91 Å². The van der Waals surface area contributed by atoms with Gasteiger partial charge in [0.1, 0.15) is 6.54 Å². The molecule has 2 N–H and O–H groups in total. The van der Waals surface area contributed by atoms with Crippen molar-refractivity contribution < 1.29 is 14.4 Å². The second-order valence-electron chi connectivity index (χ2n) is 7.49. The van der Waals surface area contributed by atoms with Gasteiger partial charge in [-0.1, -0.05) is 60.7 Å². The molecule has 1 heterocycles. The first kappa shape index (κ1) is 20.8. The minimum Gasteiger partial charge on any atom is -0.325 e. The van der Waals surface area contributed by atoms with Crippen LogP contribution in [0.25, 0.3) is 0 Å². The van der Waals surface area contributed by atoms with Crippen LogP contribution in [0.4, 0.5) is 10.5 Å². The Bertz CT molecular complexity index is 1190. The number of hydrogen-bond donors (Lipinski definition) is 2. The van der Waals surface area contributed by atoms with Crippen LogP contribution in [0.1, 0.15) is 16.7 Å². The molecular weight excluding hydrogens is 404 g/mol. The molecule has 7 nitrogen and oxygen atoms in total. The summed E-state index contributed by atoms with van der Waals surface area (Å²) in [5, 5.41) is 14.4. The normalized spacial score (nSPS) is 17.5. The molecule has 1 aliphatic heterocycles. The van der Waals surface area contributed by atoms with Gasteiger partial charge in [-0.05, 0) is 35.4 Å². The zero-order valence-corrected chi connectivity index (χ0v) is 17.1. The van der Waals surface area contributed by atoms with Gasteiger partial charge in [0.25, 0.3) is 5.91 Å². The van der Waals surface area contributed by atoms with Gasteiger partial charge in [-0.3, -0.25) is 14.5 Å². The fourth-order valence-electron chi connectivity index (χ4n) is 3.78. The summed E-state index contributed by atoms with van der Waals surface area (Å²) >= 11 is 0. The average molecular weight is 424 g/mol. The van der Waals surface area contributed by atoms with Crippen LogP contribution < -0.4 is 10.6 Å². The van der Waals surface area contributed by atoms with Crippen molar-refractivity contribution in [2.75, 3.05) is 11.9 Å². The average Bonchev–Trinajstić information content (AvgIpc) is 3.05. The van der Waals surface area contributed by atoms with Crippen molar-refractivity contribution in [1.29, 1.82) is 5.26 Å². The molecule has 7 heteroatoms. The highest BCUT2D eigenvalue weighted by Gasteiger charge is 2.52. The SMILES string of the molecule is N#Cc1ccc(NC(=O)CN2C(=O)NC(Cc3ccccc3)(c3ccccc3)C2=O)cc1. The lowest BCUT2D eigenvalue weighted by atomic mass is 9.83. The van der Waals surface area contributed by atoms with Gasteiger partial charge >= 0.3 is 6.03 Å². The Labute approximate surface area is 185 Å². The molecule has 0 radical (unpaired) electrons. The van der Waals surface area contributed by atoms with Crippen LogP contribution >= 0.6 is 0 Å². The van der Waals surface area contributed by atoms with Crippen LogP contribution in [0.5, 0.6) is 0 Å². The fourth-order valence-corrected chi connectivity index (χ4v) is 3.78. The number of amides is 4. The van der Waals surface area contributed by atoms with E-state index in [1.54, 1.807) is 36.4 Å². The molecule has 4 amide bonds. The number of hydrogen-bond acceptors (Lipinski definition) is 4. The molecule has 1 saturated heterocycles. The van der Waals surface area contributed by atoms with E-state index in [0.717, 1.165) is 10.5 Å². The maximum absolute atomic E-state index is 13.5. The molecule has 3 aromatic rings. The number of carbonyl (C=O) groups is 3. The summed E-state index contributed by atoms with van der Waals surface area (Å²) in [5.74, 6) is -0.991. The monoisotopic (exact) mass is 424 g/mol. The highest BCUT2D eigenvalue weighted by Crippen LogP contribution is 2.33. The predicted molar refractivity (Wildman–Crippen MR) is 118 cm³/mol. The highest BCUT2D eigenvalue weighted by molar-refractivity contribution is 6.10. The van der Waals surface area contributed by atoms with Crippen molar-refractivity contribution in [3.05, 3.63) is 102 Å². The summed E-state index contributed by atoms with van der Waals surface area (Å²) in [6.07, 6.45) is 0.260. The number of rotatable bonds is 6. The maximum Gasteiger partial charge on any atom is 0.325 e. The summed E-state index contributed by atoms with van der Waals surface area (Å²) in [6.45, 7) is -0.423. The molecule has 0 bridgehead atoms. The lowest BCUT2D eigenvalue weighted by Gasteiger charge is -2.27. The highest BCUT2D eigenvalue weighted by atomic mass is 16.2. The van der Waals surface area contributed by atoms with Gasteiger partial charge in [0, 0.05) is 12.1 Å². The summed E-state index contributed by atoms with van der Waals surface area (Å²) in [6, 6.07) is 26.2. The van der Waals surface area contributed by atoms with E-state index in [9.17, 15) is 14.4 Å². The topological polar surface area (TPSA) is 102 Å². The minimum absolute atomic E-state index is 0.260. The van der Waals surface area contributed by atoms with Crippen molar-refractivity contribution in [1.82, 2.24) is 10.2 Å². The van der Waals surface area contributed by atoms with E-state index in [1.807, 2.05) is 54.6 Å². The Kier molecular flexibility index (Phi) is 5.69. The molecule has 158 valence electrons. The van der Waals surface area contributed by atoms with Gasteiger partial charge in [-0.2, -0.15) is 5.26 Å². The number of urea groups is 1. The zero-order valence-electron chi connectivity index (χ0n) is 17.1. The van der Waals surface area contributed by atoms with Crippen molar-refractivity contribution in [2.24, 2.45) is 0 Å². The third-order valence-corrected chi connectivity index (χ3v) is 5.35. The Morgan fingerprint density at radius 3 is 2.19 bits per heavy atom. The summed E-state index contributed by atoms with van der Waals surface area (Å²) in [4.78, 5) is 39.9. The number of nitriles is 1. The maximum atomic E-state index is 13.5. The van der Waals surface area contributed by atoms with Gasteiger partial charge in [0.05, 0.1) is 11.6 Å². The molecule has 1 unspecified atom stereocenters. The van der Waals surface area contributed by atoms with Gasteiger partial charge in [0.15, 0.2) is 5.54 Å². The van der Waals surface area contributed by atoms with E-state index < -0.39 is 29.9 Å². The molecule has 1 aliphatic rings. The molecule has 3 aromatic carbocycles. The van der Waals surface area contributed by atoms with Crippen LogP contribution in [-0.4, -0.2) is 29.3 Å². The second kappa shape index (κ2) is 8.74. The second-order valence-corrected chi connectivity index (χ2v) is 7.49.